The molecule has 1 saturated heterocycles. The van der Waals surface area contributed by atoms with Gasteiger partial charge < -0.3 is 20.3 Å². The summed E-state index contributed by atoms with van der Waals surface area (Å²) in [5.41, 5.74) is 5.04. The predicted molar refractivity (Wildman–Crippen MR) is 155 cm³/mol. The molecule has 8 heteroatoms. The van der Waals surface area contributed by atoms with E-state index < -0.39 is 11.9 Å². The molecule has 1 spiro atoms. The third-order valence-corrected chi connectivity index (χ3v) is 8.09. The van der Waals surface area contributed by atoms with Crippen molar-refractivity contribution in [2.45, 2.75) is 62.5 Å². The Balaban J connectivity index is 0.000000426. The van der Waals surface area contributed by atoms with Crippen LogP contribution in [0.1, 0.15) is 56.1 Å². The first kappa shape index (κ1) is 30.1. The Morgan fingerprint density at radius 2 is 1.59 bits per heavy atom. The average Bonchev–Trinajstić information content (AvgIpc) is 3.42. The number of pyridine rings is 1. The lowest BCUT2D eigenvalue weighted by Crippen LogP contribution is -2.47. The Hall–Kier alpha value is -3.88. The maximum atomic E-state index is 13.7. The van der Waals surface area contributed by atoms with E-state index in [0.717, 1.165) is 51.8 Å². The van der Waals surface area contributed by atoms with E-state index in [9.17, 15) is 14.0 Å². The van der Waals surface area contributed by atoms with Gasteiger partial charge in [0.15, 0.2) is 0 Å². The summed E-state index contributed by atoms with van der Waals surface area (Å²) in [4.78, 5) is 23.3. The number of carboxylic acids is 2. The molecule has 2 heterocycles. The summed E-state index contributed by atoms with van der Waals surface area (Å²) in [5.74, 6) is -2.68. The van der Waals surface area contributed by atoms with Crippen molar-refractivity contribution in [3.05, 3.63) is 102 Å². The van der Waals surface area contributed by atoms with Gasteiger partial charge in [-0.15, -0.1) is 0 Å². The van der Waals surface area contributed by atoms with Gasteiger partial charge in [0.2, 0.25) is 0 Å². The van der Waals surface area contributed by atoms with Gasteiger partial charge in [-0.25, -0.2) is 14.0 Å². The van der Waals surface area contributed by atoms with Crippen molar-refractivity contribution in [1.29, 1.82) is 0 Å². The lowest BCUT2D eigenvalue weighted by atomic mass is 9.66. The fourth-order valence-electron chi connectivity index (χ4n) is 6.15. The van der Waals surface area contributed by atoms with E-state index in [-0.39, 0.29) is 16.8 Å². The highest BCUT2D eigenvalue weighted by Crippen LogP contribution is 2.50. The average molecular weight is 561 g/mol. The molecule has 0 amide bonds. The molecule has 1 aromatic heterocycles. The van der Waals surface area contributed by atoms with Crippen molar-refractivity contribution in [2.75, 3.05) is 13.2 Å². The minimum absolute atomic E-state index is 0.0145. The Morgan fingerprint density at radius 3 is 2.24 bits per heavy atom. The van der Waals surface area contributed by atoms with Crippen LogP contribution in [0.25, 0.3) is 11.1 Å². The highest BCUT2D eigenvalue weighted by atomic mass is 19.1. The maximum Gasteiger partial charge on any atom is 0.328 e. The number of aliphatic carboxylic acids is 2. The molecule has 0 bridgehead atoms. The molecule has 1 aliphatic carbocycles. The maximum absolute atomic E-state index is 13.7. The summed E-state index contributed by atoms with van der Waals surface area (Å²) in [7, 11) is 0. The predicted octanol–water partition coefficient (Wildman–Crippen LogP) is 6.14. The second-order valence-electron chi connectivity index (χ2n) is 10.8. The first-order valence-corrected chi connectivity index (χ1v) is 14.0. The van der Waals surface area contributed by atoms with E-state index in [1.165, 1.54) is 35.1 Å². The van der Waals surface area contributed by atoms with Crippen LogP contribution in [0.5, 0.6) is 0 Å². The van der Waals surface area contributed by atoms with Gasteiger partial charge in [-0.05, 0) is 85.2 Å². The molecule has 0 radical (unpaired) electrons. The quantitative estimate of drug-likeness (QED) is 0.213. The monoisotopic (exact) mass is 560 g/mol. The summed E-state index contributed by atoms with van der Waals surface area (Å²) in [6.45, 7) is 2.53. The number of hydrogen-bond donors (Lipinski definition) is 3. The SMILES string of the molecule is Fc1ccc(C2(CCNCc3ccccc3-c3ccncc3)CCOC3(CCCC3)C2)cc1.O=C(O)/C=C\C(=O)O. The van der Waals surface area contributed by atoms with Crippen molar-refractivity contribution in [1.82, 2.24) is 10.3 Å². The molecular weight excluding hydrogens is 523 g/mol. The van der Waals surface area contributed by atoms with E-state index in [4.69, 9.17) is 14.9 Å². The lowest BCUT2D eigenvalue weighted by Gasteiger charge is -2.47. The summed E-state index contributed by atoms with van der Waals surface area (Å²) >= 11 is 0. The number of rotatable bonds is 9. The Bertz CT molecular complexity index is 1310. The topological polar surface area (TPSA) is 109 Å². The van der Waals surface area contributed by atoms with Crippen molar-refractivity contribution in [3.8, 4) is 11.1 Å². The molecule has 1 unspecified atom stereocenters. The molecule has 3 N–H and O–H groups in total. The second-order valence-corrected chi connectivity index (χ2v) is 10.8. The summed E-state index contributed by atoms with van der Waals surface area (Å²) in [5, 5.41) is 19.3. The summed E-state index contributed by atoms with van der Waals surface area (Å²) in [6.07, 6.45) is 12.7. The van der Waals surface area contributed by atoms with Crippen LogP contribution >= 0.6 is 0 Å². The van der Waals surface area contributed by atoms with Crippen molar-refractivity contribution >= 4 is 11.9 Å². The van der Waals surface area contributed by atoms with Crippen LogP contribution in [0.15, 0.2) is 85.2 Å². The number of halogens is 1. The molecule has 1 saturated carbocycles. The first-order chi connectivity index (χ1) is 19.8. The highest BCUT2D eigenvalue weighted by molar-refractivity contribution is 5.89. The van der Waals surface area contributed by atoms with Crippen LogP contribution in [0.2, 0.25) is 0 Å². The zero-order valence-corrected chi connectivity index (χ0v) is 23.1. The van der Waals surface area contributed by atoms with Gasteiger partial charge in [-0.1, -0.05) is 49.2 Å². The molecule has 41 heavy (non-hydrogen) atoms. The standard InChI is InChI=1S/C29H33FN2O.C4H4O4/c30-26-9-7-25(8-10-26)28(16-20-33-29(22-28)13-3-4-14-29)15-19-32-21-24-5-1-2-6-27(24)23-11-17-31-18-12-23;5-3(6)1-2-4(7)8/h1-2,5-12,17-18,32H,3-4,13-16,19-22H2;1-2H,(H,5,6)(H,7,8)/b;2-1-. The van der Waals surface area contributed by atoms with Crippen LogP contribution in [-0.4, -0.2) is 45.9 Å². The van der Waals surface area contributed by atoms with Crippen LogP contribution < -0.4 is 5.32 Å². The minimum Gasteiger partial charge on any atom is -0.478 e. The zero-order chi connectivity index (χ0) is 29.1. The van der Waals surface area contributed by atoms with Crippen LogP contribution in [0, 0.1) is 5.82 Å². The van der Waals surface area contributed by atoms with E-state index in [0.29, 0.717) is 12.2 Å². The molecule has 2 fully saturated rings. The van der Waals surface area contributed by atoms with Gasteiger partial charge in [-0.3, -0.25) is 4.98 Å². The fourth-order valence-corrected chi connectivity index (χ4v) is 6.15. The van der Waals surface area contributed by atoms with Gasteiger partial charge in [-0.2, -0.15) is 0 Å². The zero-order valence-electron chi connectivity index (χ0n) is 23.1. The number of hydrogen-bond acceptors (Lipinski definition) is 5. The number of nitrogens with one attached hydrogen (secondary N) is 1. The van der Waals surface area contributed by atoms with E-state index in [2.05, 4.69) is 46.7 Å². The number of carboxylic acid groups (broad SMARTS) is 2. The van der Waals surface area contributed by atoms with Gasteiger partial charge in [0.1, 0.15) is 5.82 Å². The number of nitrogens with zero attached hydrogens (tertiary/aromatic N) is 1. The highest BCUT2D eigenvalue weighted by Gasteiger charge is 2.47. The van der Waals surface area contributed by atoms with E-state index >= 15 is 0 Å². The van der Waals surface area contributed by atoms with E-state index in [1.807, 2.05) is 24.5 Å². The Labute approximate surface area is 240 Å². The smallest absolute Gasteiger partial charge is 0.328 e. The first-order valence-electron chi connectivity index (χ1n) is 14.0. The molecule has 2 aliphatic rings. The van der Waals surface area contributed by atoms with Gasteiger partial charge in [0, 0.05) is 43.1 Å². The van der Waals surface area contributed by atoms with Crippen molar-refractivity contribution in [2.24, 2.45) is 0 Å². The van der Waals surface area contributed by atoms with E-state index in [1.54, 1.807) is 12.1 Å². The molecule has 1 atom stereocenters. The van der Waals surface area contributed by atoms with Crippen molar-refractivity contribution in [3.63, 3.8) is 0 Å². The fraction of sp³-hybridized carbons (Fsp3) is 0.364. The molecule has 216 valence electrons. The van der Waals surface area contributed by atoms with Gasteiger partial charge >= 0.3 is 11.9 Å². The normalized spacial score (nSPS) is 19.5. The van der Waals surface area contributed by atoms with Crippen LogP contribution in [-0.2, 0) is 26.3 Å². The lowest BCUT2D eigenvalue weighted by molar-refractivity contribution is -0.134. The Kier molecular flexibility index (Phi) is 10.4. The molecule has 3 aromatic rings. The van der Waals surface area contributed by atoms with Crippen molar-refractivity contribution < 1.29 is 28.9 Å². The molecule has 7 nitrogen and oxygen atoms in total. The number of carbonyl (C=O) groups is 2. The largest absolute Gasteiger partial charge is 0.478 e. The Morgan fingerprint density at radius 1 is 0.927 bits per heavy atom. The minimum atomic E-state index is -1.26. The molecule has 5 rings (SSSR count). The van der Waals surface area contributed by atoms with Crippen LogP contribution in [0.4, 0.5) is 4.39 Å². The number of aromatic nitrogens is 1. The number of benzene rings is 2. The summed E-state index contributed by atoms with van der Waals surface area (Å²) < 4.78 is 20.1. The second kappa shape index (κ2) is 14.1. The van der Waals surface area contributed by atoms with Gasteiger partial charge in [0.25, 0.3) is 0 Å². The molecule has 2 aromatic carbocycles. The molecule has 1 aliphatic heterocycles. The van der Waals surface area contributed by atoms with Crippen LogP contribution in [0.3, 0.4) is 0 Å². The summed E-state index contributed by atoms with van der Waals surface area (Å²) in [6, 6.07) is 19.9. The third kappa shape index (κ3) is 8.31. The third-order valence-electron chi connectivity index (χ3n) is 8.09. The number of ether oxygens (including phenoxy) is 1. The molecular formula is C33H37FN2O5. The van der Waals surface area contributed by atoms with Gasteiger partial charge in [0.05, 0.1) is 5.60 Å².